The molecule has 1 aromatic heterocycles. The third kappa shape index (κ3) is 6.65. The average Bonchev–Trinajstić information content (AvgIpc) is 3.24. The highest BCUT2D eigenvalue weighted by Crippen LogP contribution is 2.33. The van der Waals surface area contributed by atoms with Crippen molar-refractivity contribution in [1.82, 2.24) is 14.7 Å². The number of amides is 3. The SMILES string of the molecule is CCOc1ccc(NC(=O)N(CC(=O)Nc2c(-c3ccccc3)c(C)nn2-c2ccc(C)cc2)C(C)C)cc1. The van der Waals surface area contributed by atoms with Crippen LogP contribution in [0.2, 0.25) is 0 Å². The van der Waals surface area contributed by atoms with Gasteiger partial charge < -0.3 is 20.3 Å². The van der Waals surface area contributed by atoms with Gasteiger partial charge >= 0.3 is 6.03 Å². The van der Waals surface area contributed by atoms with Gasteiger partial charge in [0, 0.05) is 17.3 Å². The van der Waals surface area contributed by atoms with Crippen LogP contribution in [-0.4, -0.2) is 45.8 Å². The first-order valence-corrected chi connectivity index (χ1v) is 13.1. The first kappa shape index (κ1) is 27.4. The number of carbonyl (C=O) groups is 2. The van der Waals surface area contributed by atoms with Gasteiger partial charge in [-0.25, -0.2) is 9.48 Å². The van der Waals surface area contributed by atoms with E-state index in [0.29, 0.717) is 18.1 Å². The monoisotopic (exact) mass is 525 g/mol. The normalized spacial score (nSPS) is 10.8. The van der Waals surface area contributed by atoms with Crippen molar-refractivity contribution in [3.63, 3.8) is 0 Å². The minimum absolute atomic E-state index is 0.132. The molecule has 4 aromatic rings. The van der Waals surface area contributed by atoms with E-state index in [9.17, 15) is 9.59 Å². The van der Waals surface area contributed by atoms with Gasteiger partial charge in [0.25, 0.3) is 0 Å². The molecular weight excluding hydrogens is 490 g/mol. The molecule has 2 N–H and O–H groups in total. The highest BCUT2D eigenvalue weighted by Gasteiger charge is 2.24. The van der Waals surface area contributed by atoms with Crippen LogP contribution in [0.15, 0.2) is 78.9 Å². The Labute approximate surface area is 229 Å². The van der Waals surface area contributed by atoms with Crippen molar-refractivity contribution in [2.24, 2.45) is 0 Å². The number of carbonyl (C=O) groups excluding carboxylic acids is 2. The number of anilines is 2. The molecule has 4 rings (SSSR count). The number of hydrogen-bond acceptors (Lipinski definition) is 4. The fraction of sp³-hybridized carbons (Fsp3) is 0.258. The fourth-order valence-electron chi connectivity index (χ4n) is 4.28. The minimum atomic E-state index is -0.365. The van der Waals surface area contributed by atoms with Gasteiger partial charge in [-0.2, -0.15) is 5.10 Å². The number of nitrogens with zero attached hydrogens (tertiary/aromatic N) is 3. The first-order valence-electron chi connectivity index (χ1n) is 13.1. The van der Waals surface area contributed by atoms with E-state index in [0.717, 1.165) is 33.8 Å². The van der Waals surface area contributed by atoms with Crippen LogP contribution in [0.3, 0.4) is 0 Å². The van der Waals surface area contributed by atoms with Gasteiger partial charge in [-0.05, 0) is 76.6 Å². The molecule has 39 heavy (non-hydrogen) atoms. The molecule has 0 saturated carbocycles. The quantitative estimate of drug-likeness (QED) is 0.263. The van der Waals surface area contributed by atoms with E-state index in [2.05, 4.69) is 10.6 Å². The predicted octanol–water partition coefficient (Wildman–Crippen LogP) is 6.44. The zero-order valence-corrected chi connectivity index (χ0v) is 23.1. The molecule has 0 fully saturated rings. The Morgan fingerprint density at radius 2 is 1.59 bits per heavy atom. The maximum Gasteiger partial charge on any atom is 0.322 e. The molecule has 0 spiro atoms. The summed E-state index contributed by atoms with van der Waals surface area (Å²) in [5, 5.41) is 10.7. The van der Waals surface area contributed by atoms with Gasteiger partial charge in [-0.1, -0.05) is 48.0 Å². The van der Waals surface area contributed by atoms with Crippen molar-refractivity contribution in [3.05, 3.63) is 90.1 Å². The second kappa shape index (κ2) is 12.3. The Hall–Kier alpha value is -4.59. The minimum Gasteiger partial charge on any atom is -0.494 e. The number of rotatable bonds is 9. The average molecular weight is 526 g/mol. The third-order valence-corrected chi connectivity index (χ3v) is 6.27. The molecule has 0 bridgehead atoms. The molecule has 0 saturated heterocycles. The van der Waals surface area contributed by atoms with Crippen LogP contribution in [0.4, 0.5) is 16.3 Å². The Kier molecular flexibility index (Phi) is 8.66. The summed E-state index contributed by atoms with van der Waals surface area (Å²) in [6.45, 7) is 10.0. The molecule has 8 heteroatoms. The van der Waals surface area contributed by atoms with E-state index in [4.69, 9.17) is 9.84 Å². The summed E-state index contributed by atoms with van der Waals surface area (Å²) < 4.78 is 7.21. The summed E-state index contributed by atoms with van der Waals surface area (Å²) in [5.74, 6) is 0.962. The standard InChI is InChI=1S/C31H35N5O3/c1-6-39-27-18-14-25(15-19-27)32-31(38)35(21(2)3)20-28(37)33-30-29(24-10-8-7-9-11-24)23(5)34-36(30)26-16-12-22(4)13-17-26/h7-19,21H,6,20H2,1-5H3,(H,32,38)(H,33,37). The molecule has 0 aliphatic carbocycles. The van der Waals surface area contributed by atoms with Crippen LogP contribution in [0.25, 0.3) is 16.8 Å². The van der Waals surface area contributed by atoms with Crippen LogP contribution in [-0.2, 0) is 4.79 Å². The van der Waals surface area contributed by atoms with Crippen LogP contribution in [0.5, 0.6) is 5.75 Å². The van der Waals surface area contributed by atoms with Crippen molar-refractivity contribution in [1.29, 1.82) is 0 Å². The summed E-state index contributed by atoms with van der Waals surface area (Å²) in [4.78, 5) is 28.1. The van der Waals surface area contributed by atoms with Crippen LogP contribution in [0.1, 0.15) is 32.0 Å². The lowest BCUT2D eigenvalue weighted by Gasteiger charge is -2.26. The lowest BCUT2D eigenvalue weighted by atomic mass is 10.1. The predicted molar refractivity (Wildman–Crippen MR) is 156 cm³/mol. The van der Waals surface area contributed by atoms with Crippen LogP contribution >= 0.6 is 0 Å². The van der Waals surface area contributed by atoms with Crippen molar-refractivity contribution in [3.8, 4) is 22.6 Å². The summed E-state index contributed by atoms with van der Waals surface area (Å²) in [7, 11) is 0. The number of benzene rings is 3. The second-order valence-electron chi connectivity index (χ2n) is 9.58. The maximum atomic E-state index is 13.4. The smallest absolute Gasteiger partial charge is 0.322 e. The molecule has 8 nitrogen and oxygen atoms in total. The summed E-state index contributed by atoms with van der Waals surface area (Å²) in [5.41, 5.74) is 5.13. The van der Waals surface area contributed by atoms with Gasteiger partial charge in [0.1, 0.15) is 18.1 Å². The molecule has 3 amide bonds. The fourth-order valence-corrected chi connectivity index (χ4v) is 4.28. The van der Waals surface area contributed by atoms with Crippen LogP contribution in [0, 0.1) is 13.8 Å². The summed E-state index contributed by atoms with van der Waals surface area (Å²) in [6, 6.07) is 24.4. The lowest BCUT2D eigenvalue weighted by Crippen LogP contribution is -2.44. The van der Waals surface area contributed by atoms with Crippen molar-refractivity contribution in [2.75, 3.05) is 23.8 Å². The van der Waals surface area contributed by atoms with E-state index < -0.39 is 0 Å². The number of aryl methyl sites for hydroxylation is 2. The lowest BCUT2D eigenvalue weighted by molar-refractivity contribution is -0.117. The molecule has 0 aliphatic rings. The summed E-state index contributed by atoms with van der Waals surface area (Å²) >= 11 is 0. The highest BCUT2D eigenvalue weighted by molar-refractivity contribution is 5.99. The second-order valence-corrected chi connectivity index (χ2v) is 9.58. The molecule has 0 unspecified atom stereocenters. The molecule has 0 radical (unpaired) electrons. The zero-order valence-electron chi connectivity index (χ0n) is 23.1. The van der Waals surface area contributed by atoms with Gasteiger partial charge in [-0.3, -0.25) is 4.79 Å². The van der Waals surface area contributed by atoms with E-state index in [1.807, 2.05) is 89.2 Å². The largest absolute Gasteiger partial charge is 0.494 e. The maximum absolute atomic E-state index is 13.4. The van der Waals surface area contributed by atoms with Gasteiger partial charge in [0.15, 0.2) is 0 Å². The zero-order chi connectivity index (χ0) is 27.9. The Morgan fingerprint density at radius 1 is 0.923 bits per heavy atom. The van der Waals surface area contributed by atoms with E-state index >= 15 is 0 Å². The first-order chi connectivity index (χ1) is 18.8. The van der Waals surface area contributed by atoms with Crippen LogP contribution < -0.4 is 15.4 Å². The molecule has 1 heterocycles. The molecule has 0 atom stereocenters. The van der Waals surface area contributed by atoms with Gasteiger partial charge in [-0.15, -0.1) is 0 Å². The number of hydrogen-bond donors (Lipinski definition) is 2. The van der Waals surface area contributed by atoms with Crippen molar-refractivity contribution < 1.29 is 14.3 Å². The van der Waals surface area contributed by atoms with Crippen molar-refractivity contribution in [2.45, 2.75) is 40.7 Å². The van der Waals surface area contributed by atoms with E-state index in [1.54, 1.807) is 28.9 Å². The van der Waals surface area contributed by atoms with E-state index in [1.165, 1.54) is 4.90 Å². The number of urea groups is 1. The Balaban J connectivity index is 1.58. The Morgan fingerprint density at radius 3 is 2.21 bits per heavy atom. The Bertz CT molecular complexity index is 1410. The number of aromatic nitrogens is 2. The number of ether oxygens (including phenoxy) is 1. The molecule has 202 valence electrons. The van der Waals surface area contributed by atoms with E-state index in [-0.39, 0.29) is 24.5 Å². The van der Waals surface area contributed by atoms with Gasteiger partial charge in [0.2, 0.25) is 5.91 Å². The van der Waals surface area contributed by atoms with Gasteiger partial charge in [0.05, 0.1) is 18.0 Å². The van der Waals surface area contributed by atoms with Crippen molar-refractivity contribution >= 4 is 23.4 Å². The molecular formula is C31H35N5O3. The molecule has 3 aromatic carbocycles. The number of nitrogens with one attached hydrogen (secondary N) is 2. The topological polar surface area (TPSA) is 88.5 Å². The highest BCUT2D eigenvalue weighted by atomic mass is 16.5. The third-order valence-electron chi connectivity index (χ3n) is 6.27. The summed E-state index contributed by atoms with van der Waals surface area (Å²) in [6.07, 6.45) is 0. The molecule has 0 aliphatic heterocycles.